The van der Waals surface area contributed by atoms with Gasteiger partial charge in [-0.25, -0.2) is 9.37 Å². The number of fused-ring (bicyclic) bond motifs is 3. The number of nitrogens with zero attached hydrogens (tertiary/aromatic N) is 5. The molecule has 0 saturated heterocycles. The van der Waals surface area contributed by atoms with E-state index in [1.807, 2.05) is 0 Å². The van der Waals surface area contributed by atoms with Gasteiger partial charge in [-0.1, -0.05) is 11.2 Å². The van der Waals surface area contributed by atoms with Crippen LogP contribution in [-0.2, 0) is 6.54 Å². The van der Waals surface area contributed by atoms with Crippen LogP contribution in [0.25, 0.3) is 17.3 Å². The van der Waals surface area contributed by atoms with Crippen molar-refractivity contribution in [1.29, 1.82) is 0 Å². The number of rotatable bonds is 1. The Morgan fingerprint density at radius 2 is 2.17 bits per heavy atom. The van der Waals surface area contributed by atoms with Crippen LogP contribution >= 0.6 is 0 Å². The van der Waals surface area contributed by atoms with E-state index >= 15 is 0 Å². The molecule has 0 fully saturated rings. The maximum absolute atomic E-state index is 14.2. The van der Waals surface area contributed by atoms with Gasteiger partial charge < -0.3 is 9.42 Å². The molecule has 0 saturated carbocycles. The molecule has 0 radical (unpaired) electrons. The van der Waals surface area contributed by atoms with Gasteiger partial charge >= 0.3 is 0 Å². The number of aromatic nitrogens is 4. The van der Waals surface area contributed by atoms with Crippen molar-refractivity contribution in [2.45, 2.75) is 13.5 Å². The highest BCUT2D eigenvalue weighted by molar-refractivity contribution is 5.98. The number of imidazole rings is 1. The van der Waals surface area contributed by atoms with Gasteiger partial charge in [0.25, 0.3) is 11.8 Å². The van der Waals surface area contributed by atoms with Crippen LogP contribution in [0.2, 0.25) is 0 Å². The van der Waals surface area contributed by atoms with Crippen molar-refractivity contribution in [3.05, 3.63) is 47.4 Å². The molecule has 7 nitrogen and oxygen atoms in total. The molecule has 8 heteroatoms. The second kappa shape index (κ2) is 4.73. The minimum absolute atomic E-state index is 0.0272. The normalized spacial score (nSPS) is 13.7. The number of carbonyl (C=O) groups excluding carboxylic acids is 1. The predicted octanol–water partition coefficient (Wildman–Crippen LogP) is 1.96. The van der Waals surface area contributed by atoms with Crippen molar-refractivity contribution in [2.75, 3.05) is 7.05 Å². The van der Waals surface area contributed by atoms with Gasteiger partial charge in [0.15, 0.2) is 11.5 Å². The molecule has 116 valence electrons. The SMILES string of the molecule is Cc1noc(-c2ncn3c2CN(C)C(=O)c2c(F)cccc2-3)n1. The number of aryl methyl sites for hydroxylation is 1. The summed E-state index contributed by atoms with van der Waals surface area (Å²) < 4.78 is 21.0. The highest BCUT2D eigenvalue weighted by atomic mass is 19.1. The summed E-state index contributed by atoms with van der Waals surface area (Å²) in [6, 6.07) is 4.52. The smallest absolute Gasteiger partial charge is 0.278 e. The lowest BCUT2D eigenvalue weighted by atomic mass is 10.1. The number of benzene rings is 1. The van der Waals surface area contributed by atoms with E-state index in [0.717, 1.165) is 0 Å². The van der Waals surface area contributed by atoms with Gasteiger partial charge in [0, 0.05) is 7.05 Å². The fourth-order valence-corrected chi connectivity index (χ4v) is 2.72. The van der Waals surface area contributed by atoms with E-state index in [2.05, 4.69) is 15.1 Å². The number of hydrogen-bond donors (Lipinski definition) is 0. The standard InChI is InChI=1S/C15H12FN5O2/c1-8-18-14(23-19-8)13-11-6-20(2)15(22)12-9(16)4-3-5-10(12)21(11)7-17-13/h3-5,7H,6H2,1-2H3. The molecule has 3 aromatic rings. The third kappa shape index (κ3) is 1.95. The van der Waals surface area contributed by atoms with Crippen molar-refractivity contribution < 1.29 is 13.7 Å². The largest absolute Gasteiger partial charge is 0.336 e. The molecule has 0 bridgehead atoms. The fraction of sp³-hybridized carbons (Fsp3) is 0.200. The molecule has 1 aromatic carbocycles. The topological polar surface area (TPSA) is 77.0 Å². The van der Waals surface area contributed by atoms with E-state index in [4.69, 9.17) is 4.52 Å². The Bertz CT molecular complexity index is 930. The Morgan fingerprint density at radius 1 is 1.35 bits per heavy atom. The summed E-state index contributed by atoms with van der Waals surface area (Å²) in [6.07, 6.45) is 1.54. The van der Waals surface area contributed by atoms with Crippen LogP contribution in [0, 0.1) is 12.7 Å². The average Bonchev–Trinajstić information content (AvgIpc) is 3.10. The van der Waals surface area contributed by atoms with Crippen LogP contribution in [-0.4, -0.2) is 37.5 Å². The predicted molar refractivity (Wildman–Crippen MR) is 77.3 cm³/mol. The Balaban J connectivity index is 1.98. The van der Waals surface area contributed by atoms with Gasteiger partial charge in [-0.3, -0.25) is 9.36 Å². The number of hydrogen-bond acceptors (Lipinski definition) is 5. The molecule has 4 rings (SSSR count). The summed E-state index contributed by atoms with van der Waals surface area (Å²) in [7, 11) is 1.62. The third-order valence-electron chi connectivity index (χ3n) is 3.80. The molecule has 0 N–H and O–H groups in total. The molecular formula is C15H12FN5O2. The lowest BCUT2D eigenvalue weighted by Gasteiger charge is -2.14. The van der Waals surface area contributed by atoms with Crippen LogP contribution in [0.5, 0.6) is 0 Å². The van der Waals surface area contributed by atoms with Crippen LogP contribution in [0.1, 0.15) is 21.9 Å². The van der Waals surface area contributed by atoms with Gasteiger partial charge in [0.2, 0.25) is 0 Å². The molecule has 0 atom stereocenters. The first-order valence-electron chi connectivity index (χ1n) is 6.97. The van der Waals surface area contributed by atoms with Crippen molar-refractivity contribution in [3.63, 3.8) is 0 Å². The summed E-state index contributed by atoms with van der Waals surface area (Å²) >= 11 is 0. The first-order valence-corrected chi connectivity index (χ1v) is 6.97. The van der Waals surface area contributed by atoms with E-state index in [-0.39, 0.29) is 23.9 Å². The molecule has 0 aliphatic carbocycles. The molecular weight excluding hydrogens is 301 g/mol. The van der Waals surface area contributed by atoms with Gasteiger partial charge in [-0.05, 0) is 19.1 Å². The van der Waals surface area contributed by atoms with Crippen molar-refractivity contribution >= 4 is 5.91 Å². The van der Waals surface area contributed by atoms with Crippen LogP contribution in [0.15, 0.2) is 29.0 Å². The first kappa shape index (κ1) is 13.6. The van der Waals surface area contributed by atoms with Crippen LogP contribution < -0.4 is 0 Å². The van der Waals surface area contributed by atoms with E-state index in [1.54, 1.807) is 30.7 Å². The highest BCUT2D eigenvalue weighted by Crippen LogP contribution is 2.30. The molecule has 3 heterocycles. The van der Waals surface area contributed by atoms with E-state index in [9.17, 15) is 9.18 Å². The van der Waals surface area contributed by atoms with Crippen molar-refractivity contribution in [1.82, 2.24) is 24.6 Å². The molecule has 1 aliphatic heterocycles. The summed E-state index contributed by atoms with van der Waals surface area (Å²) in [4.78, 5) is 22.4. The van der Waals surface area contributed by atoms with E-state index in [1.165, 1.54) is 17.3 Å². The zero-order valence-electron chi connectivity index (χ0n) is 12.4. The summed E-state index contributed by atoms with van der Waals surface area (Å²) in [5.74, 6) is -0.172. The van der Waals surface area contributed by atoms with Crippen LogP contribution in [0.4, 0.5) is 4.39 Å². The first-order chi connectivity index (χ1) is 11.1. The van der Waals surface area contributed by atoms with Gasteiger partial charge in [0.05, 0.1) is 23.5 Å². The zero-order chi connectivity index (χ0) is 16.1. The maximum atomic E-state index is 14.2. The molecule has 1 amide bonds. The highest BCUT2D eigenvalue weighted by Gasteiger charge is 2.30. The molecule has 2 aromatic heterocycles. The van der Waals surface area contributed by atoms with E-state index in [0.29, 0.717) is 22.9 Å². The third-order valence-corrected chi connectivity index (χ3v) is 3.80. The maximum Gasteiger partial charge on any atom is 0.278 e. The second-order valence-electron chi connectivity index (χ2n) is 5.35. The van der Waals surface area contributed by atoms with Crippen molar-refractivity contribution in [3.8, 4) is 17.3 Å². The summed E-state index contributed by atoms with van der Waals surface area (Å²) in [5.41, 5.74) is 1.65. The Labute approximate surface area is 130 Å². The molecule has 0 spiro atoms. The Hall–Kier alpha value is -3.03. The fourth-order valence-electron chi connectivity index (χ4n) is 2.72. The van der Waals surface area contributed by atoms with Gasteiger partial charge in [-0.2, -0.15) is 4.98 Å². The quantitative estimate of drug-likeness (QED) is 0.686. The van der Waals surface area contributed by atoms with Crippen molar-refractivity contribution in [2.24, 2.45) is 0 Å². The number of carbonyl (C=O) groups is 1. The lowest BCUT2D eigenvalue weighted by Crippen LogP contribution is -2.26. The zero-order valence-corrected chi connectivity index (χ0v) is 12.4. The molecule has 1 aliphatic rings. The minimum Gasteiger partial charge on any atom is -0.336 e. The Morgan fingerprint density at radius 3 is 2.91 bits per heavy atom. The number of amides is 1. The molecule has 0 unspecified atom stereocenters. The number of halogens is 1. The average molecular weight is 313 g/mol. The monoisotopic (exact) mass is 313 g/mol. The second-order valence-corrected chi connectivity index (χ2v) is 5.35. The minimum atomic E-state index is -0.559. The van der Waals surface area contributed by atoms with Gasteiger partial charge in [-0.15, -0.1) is 0 Å². The summed E-state index contributed by atoms with van der Waals surface area (Å²) in [5, 5.41) is 3.76. The van der Waals surface area contributed by atoms with Crippen LogP contribution in [0.3, 0.4) is 0 Å². The summed E-state index contributed by atoms with van der Waals surface area (Å²) in [6.45, 7) is 1.96. The molecule has 23 heavy (non-hydrogen) atoms. The van der Waals surface area contributed by atoms with Gasteiger partial charge in [0.1, 0.15) is 12.1 Å². The van der Waals surface area contributed by atoms with E-state index < -0.39 is 5.82 Å². The Kier molecular flexibility index (Phi) is 2.80. The lowest BCUT2D eigenvalue weighted by molar-refractivity contribution is 0.0783.